The summed E-state index contributed by atoms with van der Waals surface area (Å²) < 4.78 is 1.48. The van der Waals surface area contributed by atoms with Crippen molar-refractivity contribution in [2.45, 2.75) is 6.42 Å². The molecule has 3 N–H and O–H groups in total. The molecule has 0 saturated heterocycles. The minimum atomic E-state index is -0.299. The predicted octanol–water partition coefficient (Wildman–Crippen LogP) is 4.02. The summed E-state index contributed by atoms with van der Waals surface area (Å²) in [6.07, 6.45) is 2.40. The molecule has 5 aromatic rings. The predicted molar refractivity (Wildman–Crippen MR) is 131 cm³/mol. The average Bonchev–Trinajstić information content (AvgIpc) is 3.12. The second-order valence-corrected chi connectivity index (χ2v) is 7.60. The lowest BCUT2D eigenvalue weighted by Crippen LogP contribution is -2.26. The Kier molecular flexibility index (Phi) is 5.51. The van der Waals surface area contributed by atoms with Crippen LogP contribution in [0.4, 0.5) is 5.82 Å². The number of fused-ring (bicyclic) bond motifs is 2. The highest BCUT2D eigenvalue weighted by molar-refractivity contribution is 6.10. The number of amides is 1. The molecule has 0 saturated carbocycles. The highest BCUT2D eigenvalue weighted by Crippen LogP contribution is 2.27. The molecule has 33 heavy (non-hydrogen) atoms. The summed E-state index contributed by atoms with van der Waals surface area (Å²) in [4.78, 5) is 22.6. The number of nitrogens with two attached hydrogens (primary N) is 1. The number of hydrogen-bond acceptors (Lipinski definition) is 5. The van der Waals surface area contributed by atoms with Gasteiger partial charge in [-0.3, -0.25) is 4.79 Å². The maximum Gasteiger partial charge on any atom is 0.257 e. The number of para-hydroxylation sites is 2. The van der Waals surface area contributed by atoms with Crippen LogP contribution in [0.25, 0.3) is 22.2 Å². The zero-order valence-electron chi connectivity index (χ0n) is 17.8. The van der Waals surface area contributed by atoms with Crippen LogP contribution in [0, 0.1) is 0 Å². The third kappa shape index (κ3) is 4.16. The quantitative estimate of drug-likeness (QED) is 0.394. The van der Waals surface area contributed by atoms with Gasteiger partial charge in [-0.05, 0) is 29.7 Å². The maximum absolute atomic E-state index is 13.2. The first kappa shape index (κ1) is 20.4. The Balaban J connectivity index is 1.54. The van der Waals surface area contributed by atoms with Gasteiger partial charge in [0.25, 0.3) is 5.91 Å². The molecule has 0 aliphatic carbocycles. The summed E-state index contributed by atoms with van der Waals surface area (Å²) in [6, 6.07) is 27.2. The number of nitrogens with one attached hydrogen (secondary N) is 1. The normalized spacial score (nSPS) is 11.4. The molecule has 3 aromatic carbocycles. The van der Waals surface area contributed by atoms with E-state index in [4.69, 9.17) is 15.7 Å². The van der Waals surface area contributed by atoms with Crippen LogP contribution in [-0.4, -0.2) is 33.3 Å². The molecular formula is C26H22N6O. The van der Waals surface area contributed by atoms with E-state index in [9.17, 15) is 4.79 Å². The van der Waals surface area contributed by atoms with Crippen molar-refractivity contribution in [1.82, 2.24) is 20.0 Å². The summed E-state index contributed by atoms with van der Waals surface area (Å²) in [5.41, 5.74) is 11.0. The Labute approximate surface area is 190 Å². The molecule has 0 atom stereocenters. The SMILES string of the molecule is Nc1c(C(=O)NCCc2ccccc2)c2nc3ccccc3nc2n1N=Cc1ccccc1. The van der Waals surface area contributed by atoms with Gasteiger partial charge < -0.3 is 11.1 Å². The van der Waals surface area contributed by atoms with Crippen LogP contribution in [-0.2, 0) is 6.42 Å². The summed E-state index contributed by atoms with van der Waals surface area (Å²) in [5, 5.41) is 7.49. The van der Waals surface area contributed by atoms with Gasteiger partial charge in [0.1, 0.15) is 16.9 Å². The molecule has 0 unspecified atom stereocenters. The topological polar surface area (TPSA) is 98.2 Å². The van der Waals surface area contributed by atoms with Gasteiger partial charge in [-0.1, -0.05) is 72.8 Å². The standard InChI is InChI=1S/C26H22N6O/c27-24-22(26(33)28-16-15-18-9-3-1-4-10-18)23-25(31-21-14-8-7-13-20(21)30-23)32(24)29-17-19-11-5-2-6-12-19/h1-14,17H,15-16,27H2,(H,28,33). The van der Waals surface area contributed by atoms with E-state index in [0.29, 0.717) is 35.2 Å². The molecule has 0 aliphatic heterocycles. The number of anilines is 1. The summed E-state index contributed by atoms with van der Waals surface area (Å²) in [7, 11) is 0. The lowest BCUT2D eigenvalue weighted by atomic mass is 10.1. The zero-order valence-corrected chi connectivity index (χ0v) is 17.8. The lowest BCUT2D eigenvalue weighted by molar-refractivity contribution is 0.0956. The summed E-state index contributed by atoms with van der Waals surface area (Å²) in [5.74, 6) is -0.101. The second kappa shape index (κ2) is 8.92. The molecule has 7 nitrogen and oxygen atoms in total. The summed E-state index contributed by atoms with van der Waals surface area (Å²) in [6.45, 7) is 0.475. The number of hydrogen-bond donors (Lipinski definition) is 2. The van der Waals surface area contributed by atoms with Gasteiger partial charge in [0.2, 0.25) is 0 Å². The van der Waals surface area contributed by atoms with E-state index in [1.54, 1.807) is 6.21 Å². The molecule has 0 spiro atoms. The number of carbonyl (C=O) groups is 1. The number of nitrogens with zero attached hydrogens (tertiary/aromatic N) is 4. The Hall–Kier alpha value is -4.52. The van der Waals surface area contributed by atoms with Gasteiger partial charge in [0.15, 0.2) is 5.65 Å². The minimum absolute atomic E-state index is 0.199. The number of nitrogen functional groups attached to an aromatic ring is 1. The molecule has 0 bridgehead atoms. The van der Waals surface area contributed by atoms with Crippen molar-refractivity contribution < 1.29 is 4.79 Å². The van der Waals surface area contributed by atoms with E-state index < -0.39 is 0 Å². The van der Waals surface area contributed by atoms with E-state index in [2.05, 4.69) is 10.4 Å². The van der Waals surface area contributed by atoms with Crippen LogP contribution in [0.1, 0.15) is 21.5 Å². The molecule has 162 valence electrons. The van der Waals surface area contributed by atoms with E-state index in [0.717, 1.165) is 11.1 Å². The van der Waals surface area contributed by atoms with Crippen molar-refractivity contribution in [3.63, 3.8) is 0 Å². The Morgan fingerprint density at radius 2 is 1.55 bits per heavy atom. The smallest absolute Gasteiger partial charge is 0.257 e. The van der Waals surface area contributed by atoms with Crippen LogP contribution in [0.2, 0.25) is 0 Å². The molecule has 2 aromatic heterocycles. The molecule has 2 heterocycles. The Morgan fingerprint density at radius 1 is 0.909 bits per heavy atom. The first-order valence-electron chi connectivity index (χ1n) is 10.7. The van der Waals surface area contributed by atoms with Gasteiger partial charge in [-0.15, -0.1) is 0 Å². The first-order chi connectivity index (χ1) is 16.2. The van der Waals surface area contributed by atoms with E-state index >= 15 is 0 Å². The fourth-order valence-corrected chi connectivity index (χ4v) is 3.71. The molecule has 1 amide bonds. The fourth-order valence-electron chi connectivity index (χ4n) is 3.71. The highest BCUT2D eigenvalue weighted by atomic mass is 16.1. The van der Waals surface area contributed by atoms with E-state index in [1.807, 2.05) is 84.9 Å². The molecule has 0 fully saturated rings. The fraction of sp³-hybridized carbons (Fsp3) is 0.0769. The molecule has 0 aliphatic rings. The Morgan fingerprint density at radius 3 is 2.27 bits per heavy atom. The lowest BCUT2D eigenvalue weighted by Gasteiger charge is -2.05. The highest BCUT2D eigenvalue weighted by Gasteiger charge is 2.23. The second-order valence-electron chi connectivity index (χ2n) is 7.60. The first-order valence-corrected chi connectivity index (χ1v) is 10.7. The number of aromatic nitrogens is 3. The third-order valence-corrected chi connectivity index (χ3v) is 5.36. The molecule has 7 heteroatoms. The van der Waals surface area contributed by atoms with Crippen LogP contribution >= 0.6 is 0 Å². The number of benzene rings is 3. The van der Waals surface area contributed by atoms with Gasteiger partial charge in [0, 0.05) is 6.54 Å². The van der Waals surface area contributed by atoms with E-state index in [1.165, 1.54) is 4.68 Å². The monoisotopic (exact) mass is 434 g/mol. The average molecular weight is 435 g/mol. The third-order valence-electron chi connectivity index (χ3n) is 5.36. The van der Waals surface area contributed by atoms with Crippen LogP contribution in [0.5, 0.6) is 0 Å². The van der Waals surface area contributed by atoms with Gasteiger partial charge >= 0.3 is 0 Å². The van der Waals surface area contributed by atoms with Crippen LogP contribution < -0.4 is 11.1 Å². The van der Waals surface area contributed by atoms with Crippen LogP contribution in [0.15, 0.2) is 90.0 Å². The van der Waals surface area contributed by atoms with Crippen molar-refractivity contribution >= 4 is 40.1 Å². The van der Waals surface area contributed by atoms with E-state index in [-0.39, 0.29) is 17.3 Å². The van der Waals surface area contributed by atoms with Gasteiger partial charge in [0.05, 0.1) is 17.2 Å². The summed E-state index contributed by atoms with van der Waals surface area (Å²) >= 11 is 0. The Bertz CT molecular complexity index is 1460. The minimum Gasteiger partial charge on any atom is -0.383 e. The largest absolute Gasteiger partial charge is 0.383 e. The molecule has 5 rings (SSSR count). The van der Waals surface area contributed by atoms with Gasteiger partial charge in [-0.2, -0.15) is 9.78 Å². The molecular weight excluding hydrogens is 412 g/mol. The van der Waals surface area contributed by atoms with Crippen molar-refractivity contribution in [2.24, 2.45) is 5.10 Å². The zero-order chi connectivity index (χ0) is 22.6. The van der Waals surface area contributed by atoms with Crippen molar-refractivity contribution in [3.05, 3.63) is 102 Å². The van der Waals surface area contributed by atoms with Crippen molar-refractivity contribution in [1.29, 1.82) is 0 Å². The van der Waals surface area contributed by atoms with Crippen molar-refractivity contribution in [3.8, 4) is 0 Å². The van der Waals surface area contributed by atoms with Crippen molar-refractivity contribution in [2.75, 3.05) is 12.3 Å². The number of rotatable bonds is 6. The number of carbonyl (C=O) groups excluding carboxylic acids is 1. The molecule has 0 radical (unpaired) electrons. The van der Waals surface area contributed by atoms with Gasteiger partial charge in [-0.25, -0.2) is 9.97 Å². The maximum atomic E-state index is 13.2. The van der Waals surface area contributed by atoms with Crippen LogP contribution in [0.3, 0.4) is 0 Å².